The molecule has 0 radical (unpaired) electrons. The zero-order valence-corrected chi connectivity index (χ0v) is 9.51. The van der Waals surface area contributed by atoms with Gasteiger partial charge in [0.25, 0.3) is 5.91 Å². The first-order valence-corrected chi connectivity index (χ1v) is 5.21. The molecule has 0 heterocycles. The number of amides is 1. The van der Waals surface area contributed by atoms with Gasteiger partial charge in [0.1, 0.15) is 5.75 Å². The summed E-state index contributed by atoms with van der Waals surface area (Å²) < 4.78 is 0. The molecular formula is C11H14ClNO2. The first-order valence-electron chi connectivity index (χ1n) is 4.84. The number of benzene rings is 1. The van der Waals surface area contributed by atoms with Crippen molar-refractivity contribution in [3.8, 4) is 5.75 Å². The van der Waals surface area contributed by atoms with Gasteiger partial charge in [-0.25, -0.2) is 0 Å². The van der Waals surface area contributed by atoms with E-state index in [4.69, 9.17) is 11.6 Å². The molecular weight excluding hydrogens is 214 g/mol. The lowest BCUT2D eigenvalue weighted by atomic mass is 10.1. The van der Waals surface area contributed by atoms with Gasteiger partial charge in [0.2, 0.25) is 0 Å². The van der Waals surface area contributed by atoms with Gasteiger partial charge in [0, 0.05) is 11.1 Å². The Kier molecular flexibility index (Phi) is 3.97. The van der Waals surface area contributed by atoms with Gasteiger partial charge in [-0.1, -0.05) is 18.5 Å². The summed E-state index contributed by atoms with van der Waals surface area (Å²) in [7, 11) is 0. The molecule has 0 aliphatic carbocycles. The van der Waals surface area contributed by atoms with Gasteiger partial charge < -0.3 is 10.4 Å². The fourth-order valence-corrected chi connectivity index (χ4v) is 1.27. The molecule has 2 N–H and O–H groups in total. The number of phenols is 1. The number of hydrogen-bond donors (Lipinski definition) is 2. The van der Waals surface area contributed by atoms with Crippen molar-refractivity contribution in [3.05, 3.63) is 28.8 Å². The molecule has 0 fully saturated rings. The lowest BCUT2D eigenvalue weighted by Gasteiger charge is -2.12. The third-order valence-corrected chi connectivity index (χ3v) is 2.43. The van der Waals surface area contributed by atoms with Gasteiger partial charge in [0.15, 0.2) is 0 Å². The Morgan fingerprint density at radius 1 is 1.60 bits per heavy atom. The Hall–Kier alpha value is -1.22. The normalized spacial score (nSPS) is 12.2. The van der Waals surface area contributed by atoms with E-state index in [1.807, 2.05) is 13.8 Å². The highest BCUT2D eigenvalue weighted by Crippen LogP contribution is 2.21. The first-order chi connectivity index (χ1) is 7.04. The van der Waals surface area contributed by atoms with Crippen LogP contribution < -0.4 is 5.32 Å². The van der Waals surface area contributed by atoms with E-state index in [9.17, 15) is 9.90 Å². The van der Waals surface area contributed by atoms with Gasteiger partial charge in [0.05, 0.1) is 5.56 Å². The summed E-state index contributed by atoms with van der Waals surface area (Å²) in [6, 6.07) is 4.48. The van der Waals surface area contributed by atoms with Crippen LogP contribution in [0.5, 0.6) is 5.75 Å². The molecule has 0 spiro atoms. The van der Waals surface area contributed by atoms with Crippen molar-refractivity contribution in [2.24, 2.45) is 0 Å². The highest BCUT2D eigenvalue weighted by atomic mass is 35.5. The average molecular weight is 228 g/mol. The lowest BCUT2D eigenvalue weighted by Crippen LogP contribution is -2.31. The summed E-state index contributed by atoms with van der Waals surface area (Å²) in [6.45, 7) is 3.88. The van der Waals surface area contributed by atoms with Crippen LogP contribution in [0.25, 0.3) is 0 Å². The maximum absolute atomic E-state index is 11.7. The molecule has 1 rings (SSSR count). The van der Waals surface area contributed by atoms with E-state index in [1.165, 1.54) is 18.2 Å². The minimum Gasteiger partial charge on any atom is -0.507 e. The second-order valence-electron chi connectivity index (χ2n) is 3.44. The van der Waals surface area contributed by atoms with E-state index in [-0.39, 0.29) is 23.3 Å². The summed E-state index contributed by atoms with van der Waals surface area (Å²) >= 11 is 5.74. The molecule has 1 atom stereocenters. The first kappa shape index (κ1) is 11.9. The van der Waals surface area contributed by atoms with Crippen LogP contribution in [0.1, 0.15) is 30.6 Å². The van der Waals surface area contributed by atoms with Gasteiger partial charge in [-0.3, -0.25) is 4.79 Å². The SMILES string of the molecule is CC[C@H](C)NC(=O)c1cc(Cl)ccc1O. The van der Waals surface area contributed by atoms with Gasteiger partial charge >= 0.3 is 0 Å². The zero-order chi connectivity index (χ0) is 11.4. The van der Waals surface area contributed by atoms with Crippen molar-refractivity contribution in [1.82, 2.24) is 5.32 Å². The van der Waals surface area contributed by atoms with E-state index in [2.05, 4.69) is 5.32 Å². The Labute approximate surface area is 94.1 Å². The number of phenolic OH excluding ortho intramolecular Hbond substituents is 1. The van der Waals surface area contributed by atoms with Gasteiger partial charge in [-0.2, -0.15) is 0 Å². The largest absolute Gasteiger partial charge is 0.507 e. The standard InChI is InChI=1S/C11H14ClNO2/c1-3-7(2)13-11(15)9-6-8(12)4-5-10(9)14/h4-7,14H,3H2,1-2H3,(H,13,15)/t7-/m0/s1. The molecule has 4 heteroatoms. The van der Waals surface area contributed by atoms with Crippen molar-refractivity contribution in [2.75, 3.05) is 0 Å². The fourth-order valence-electron chi connectivity index (χ4n) is 1.09. The van der Waals surface area contributed by atoms with E-state index >= 15 is 0 Å². The monoisotopic (exact) mass is 227 g/mol. The van der Waals surface area contributed by atoms with Gasteiger partial charge in [-0.15, -0.1) is 0 Å². The van der Waals surface area contributed by atoms with E-state index in [0.29, 0.717) is 5.02 Å². The highest BCUT2D eigenvalue weighted by molar-refractivity contribution is 6.31. The number of hydrogen-bond acceptors (Lipinski definition) is 2. The van der Waals surface area contributed by atoms with E-state index < -0.39 is 0 Å². The number of halogens is 1. The summed E-state index contributed by atoms with van der Waals surface area (Å²) in [4.78, 5) is 11.7. The van der Waals surface area contributed by atoms with Crippen LogP contribution in [0.2, 0.25) is 5.02 Å². The predicted molar refractivity (Wildman–Crippen MR) is 60.3 cm³/mol. The summed E-state index contributed by atoms with van der Waals surface area (Å²) in [5.41, 5.74) is 0.211. The Balaban J connectivity index is 2.86. The quantitative estimate of drug-likeness (QED) is 0.834. The van der Waals surface area contributed by atoms with Crippen molar-refractivity contribution in [1.29, 1.82) is 0 Å². The van der Waals surface area contributed by atoms with Crippen molar-refractivity contribution < 1.29 is 9.90 Å². The van der Waals surface area contributed by atoms with Crippen LogP contribution in [-0.4, -0.2) is 17.1 Å². The molecule has 82 valence electrons. The third kappa shape index (κ3) is 3.13. The summed E-state index contributed by atoms with van der Waals surface area (Å²) in [5, 5.41) is 12.7. The fraction of sp³-hybridized carbons (Fsp3) is 0.364. The van der Waals surface area contributed by atoms with Crippen LogP contribution in [0, 0.1) is 0 Å². The predicted octanol–water partition coefficient (Wildman–Crippen LogP) is 2.57. The number of carbonyl (C=O) groups excluding carboxylic acids is 1. The summed E-state index contributed by atoms with van der Waals surface area (Å²) in [5.74, 6) is -0.357. The number of nitrogens with one attached hydrogen (secondary N) is 1. The molecule has 0 aliphatic heterocycles. The molecule has 1 aromatic rings. The van der Waals surface area contributed by atoms with Crippen LogP contribution in [0.3, 0.4) is 0 Å². The maximum Gasteiger partial charge on any atom is 0.255 e. The minimum absolute atomic E-state index is 0.0554. The minimum atomic E-state index is -0.302. The number of rotatable bonds is 3. The molecule has 0 saturated heterocycles. The molecule has 15 heavy (non-hydrogen) atoms. The lowest BCUT2D eigenvalue weighted by molar-refractivity contribution is 0.0936. The second kappa shape index (κ2) is 5.03. The van der Waals surface area contributed by atoms with Crippen LogP contribution in [0.15, 0.2) is 18.2 Å². The molecule has 1 amide bonds. The molecule has 0 bridgehead atoms. The van der Waals surface area contributed by atoms with Crippen molar-refractivity contribution in [2.45, 2.75) is 26.3 Å². The van der Waals surface area contributed by atoms with Crippen LogP contribution in [-0.2, 0) is 0 Å². The van der Waals surface area contributed by atoms with Crippen LogP contribution >= 0.6 is 11.6 Å². The molecule has 0 unspecified atom stereocenters. The number of carbonyl (C=O) groups is 1. The number of aromatic hydroxyl groups is 1. The molecule has 3 nitrogen and oxygen atoms in total. The second-order valence-corrected chi connectivity index (χ2v) is 3.88. The summed E-state index contributed by atoms with van der Waals surface area (Å²) in [6.07, 6.45) is 0.840. The Morgan fingerprint density at radius 3 is 2.87 bits per heavy atom. The molecule has 0 aliphatic rings. The Bertz CT molecular complexity index is 366. The van der Waals surface area contributed by atoms with E-state index in [1.54, 1.807) is 0 Å². The van der Waals surface area contributed by atoms with Crippen LogP contribution in [0.4, 0.5) is 0 Å². The van der Waals surface area contributed by atoms with Gasteiger partial charge in [-0.05, 0) is 31.5 Å². The molecule has 0 aromatic heterocycles. The maximum atomic E-state index is 11.7. The smallest absolute Gasteiger partial charge is 0.255 e. The third-order valence-electron chi connectivity index (χ3n) is 2.19. The zero-order valence-electron chi connectivity index (χ0n) is 8.75. The van der Waals surface area contributed by atoms with E-state index in [0.717, 1.165) is 6.42 Å². The van der Waals surface area contributed by atoms with Crippen molar-refractivity contribution in [3.63, 3.8) is 0 Å². The topological polar surface area (TPSA) is 49.3 Å². The van der Waals surface area contributed by atoms with Crippen molar-refractivity contribution >= 4 is 17.5 Å². The Morgan fingerprint density at radius 2 is 2.27 bits per heavy atom. The molecule has 1 aromatic carbocycles. The molecule has 0 saturated carbocycles. The average Bonchev–Trinajstić information content (AvgIpc) is 2.21. The highest BCUT2D eigenvalue weighted by Gasteiger charge is 2.13.